The van der Waals surface area contributed by atoms with Crippen LogP contribution in [0.1, 0.15) is 6.42 Å². The molecule has 1 aliphatic heterocycles. The second kappa shape index (κ2) is 5.52. The Morgan fingerprint density at radius 2 is 1.64 bits per heavy atom. The maximum atomic E-state index is 3.39. The van der Waals surface area contributed by atoms with E-state index >= 15 is 0 Å². The number of likely N-dealkylation sites (N-methyl/N-ethyl adjacent to an activating group) is 1. The van der Waals surface area contributed by atoms with E-state index in [0.29, 0.717) is 0 Å². The van der Waals surface area contributed by atoms with Crippen LogP contribution in [0.3, 0.4) is 0 Å². The van der Waals surface area contributed by atoms with Crippen molar-refractivity contribution >= 4 is 0 Å². The van der Waals surface area contributed by atoms with Crippen LogP contribution in [0.25, 0.3) is 0 Å². The molecule has 0 aromatic carbocycles. The summed E-state index contributed by atoms with van der Waals surface area (Å²) in [5.74, 6) is 0. The maximum Gasteiger partial charge on any atom is 0.0104 e. The van der Waals surface area contributed by atoms with Crippen LogP contribution in [0, 0.1) is 0 Å². The second-order valence-electron chi connectivity index (χ2n) is 3.16. The van der Waals surface area contributed by atoms with Gasteiger partial charge in [-0.1, -0.05) is 0 Å². The lowest BCUT2D eigenvalue weighted by Crippen LogP contribution is -2.37. The van der Waals surface area contributed by atoms with Crippen LogP contribution in [0.15, 0.2) is 0 Å². The molecule has 0 unspecified atom stereocenters. The molecule has 0 aromatic heterocycles. The molecule has 1 aliphatic rings. The minimum Gasteiger partial charge on any atom is -0.315 e. The van der Waals surface area contributed by atoms with Gasteiger partial charge in [-0.15, -0.1) is 0 Å². The first kappa shape index (κ1) is 8.97. The average molecular weight is 157 g/mol. The van der Waals surface area contributed by atoms with E-state index in [9.17, 15) is 0 Å². The summed E-state index contributed by atoms with van der Waals surface area (Å²) in [7, 11) is 2.18. The van der Waals surface area contributed by atoms with Gasteiger partial charge in [0.2, 0.25) is 0 Å². The predicted molar refractivity (Wildman–Crippen MR) is 47.9 cm³/mol. The van der Waals surface area contributed by atoms with E-state index in [4.69, 9.17) is 0 Å². The fraction of sp³-hybridized carbons (Fsp3) is 1.00. The van der Waals surface area contributed by atoms with Crippen LogP contribution in [-0.4, -0.2) is 51.2 Å². The average Bonchev–Trinajstić information content (AvgIpc) is 2.03. The third-order valence-electron chi connectivity index (χ3n) is 2.04. The van der Waals surface area contributed by atoms with Crippen LogP contribution in [0.5, 0.6) is 0 Å². The molecule has 0 atom stereocenters. The Bertz CT molecular complexity index is 85.3. The molecule has 1 fully saturated rings. The van der Waals surface area contributed by atoms with Crippen LogP contribution in [0.4, 0.5) is 0 Å². The van der Waals surface area contributed by atoms with Crippen molar-refractivity contribution in [2.45, 2.75) is 6.42 Å². The molecule has 3 nitrogen and oxygen atoms in total. The van der Waals surface area contributed by atoms with Crippen LogP contribution < -0.4 is 10.6 Å². The van der Waals surface area contributed by atoms with Gasteiger partial charge in [-0.25, -0.2) is 0 Å². The Hall–Kier alpha value is -0.120. The van der Waals surface area contributed by atoms with E-state index in [2.05, 4.69) is 22.6 Å². The van der Waals surface area contributed by atoms with Gasteiger partial charge >= 0.3 is 0 Å². The van der Waals surface area contributed by atoms with Crippen molar-refractivity contribution in [3.63, 3.8) is 0 Å². The van der Waals surface area contributed by atoms with Crippen LogP contribution >= 0.6 is 0 Å². The van der Waals surface area contributed by atoms with Crippen molar-refractivity contribution in [1.82, 2.24) is 15.5 Å². The van der Waals surface area contributed by atoms with E-state index in [1.807, 2.05) is 0 Å². The zero-order valence-electron chi connectivity index (χ0n) is 7.40. The molecule has 0 saturated carbocycles. The fourth-order valence-corrected chi connectivity index (χ4v) is 1.28. The smallest absolute Gasteiger partial charge is 0.0104 e. The molecular weight excluding hydrogens is 138 g/mol. The molecule has 0 bridgehead atoms. The standard InChI is InChI=1S/C8H19N3/c1-11-7-2-3-9-4-5-10-6-8-11/h9-10H,2-8H2,1H3. The second-order valence-corrected chi connectivity index (χ2v) is 3.16. The van der Waals surface area contributed by atoms with Crippen molar-refractivity contribution in [3.05, 3.63) is 0 Å². The quantitative estimate of drug-likeness (QED) is 0.496. The largest absolute Gasteiger partial charge is 0.315 e. The summed E-state index contributed by atoms with van der Waals surface area (Å²) in [5, 5.41) is 6.77. The van der Waals surface area contributed by atoms with Gasteiger partial charge in [-0.3, -0.25) is 0 Å². The number of hydrogen-bond donors (Lipinski definition) is 2. The molecule has 11 heavy (non-hydrogen) atoms. The molecule has 0 spiro atoms. The molecule has 0 aromatic rings. The third kappa shape index (κ3) is 4.35. The van der Waals surface area contributed by atoms with E-state index < -0.39 is 0 Å². The van der Waals surface area contributed by atoms with Gasteiger partial charge in [-0.05, 0) is 26.6 Å². The zero-order valence-corrected chi connectivity index (χ0v) is 7.40. The topological polar surface area (TPSA) is 27.3 Å². The lowest BCUT2D eigenvalue weighted by molar-refractivity contribution is 0.318. The first-order chi connectivity index (χ1) is 5.39. The lowest BCUT2D eigenvalue weighted by atomic mass is 10.3. The molecule has 3 heteroatoms. The van der Waals surface area contributed by atoms with Gasteiger partial charge in [0.25, 0.3) is 0 Å². The van der Waals surface area contributed by atoms with Crippen molar-refractivity contribution in [3.8, 4) is 0 Å². The summed E-state index contributed by atoms with van der Waals surface area (Å²) in [6, 6.07) is 0. The first-order valence-electron chi connectivity index (χ1n) is 4.49. The molecule has 0 aliphatic carbocycles. The van der Waals surface area contributed by atoms with Gasteiger partial charge in [-0.2, -0.15) is 0 Å². The highest BCUT2D eigenvalue weighted by Gasteiger charge is 1.99. The predicted octanol–water partition coefficient (Wildman–Crippen LogP) is -0.499. The van der Waals surface area contributed by atoms with Crippen LogP contribution in [-0.2, 0) is 0 Å². The van der Waals surface area contributed by atoms with Gasteiger partial charge in [0.1, 0.15) is 0 Å². The summed E-state index contributed by atoms with van der Waals surface area (Å²) in [5.41, 5.74) is 0. The maximum absolute atomic E-state index is 3.39. The Morgan fingerprint density at radius 3 is 2.45 bits per heavy atom. The Kier molecular flexibility index (Phi) is 4.50. The van der Waals surface area contributed by atoms with Crippen LogP contribution in [0.2, 0.25) is 0 Å². The molecule has 2 N–H and O–H groups in total. The monoisotopic (exact) mass is 157 g/mol. The molecule has 1 saturated heterocycles. The van der Waals surface area contributed by atoms with Gasteiger partial charge in [0.05, 0.1) is 0 Å². The number of nitrogens with zero attached hydrogens (tertiary/aromatic N) is 1. The van der Waals surface area contributed by atoms with Crippen molar-refractivity contribution in [1.29, 1.82) is 0 Å². The van der Waals surface area contributed by atoms with E-state index in [0.717, 1.165) is 26.2 Å². The number of hydrogen-bond acceptors (Lipinski definition) is 3. The highest BCUT2D eigenvalue weighted by Crippen LogP contribution is 1.86. The lowest BCUT2D eigenvalue weighted by Gasteiger charge is -2.18. The number of rotatable bonds is 0. The number of nitrogens with one attached hydrogen (secondary N) is 2. The van der Waals surface area contributed by atoms with Crippen molar-refractivity contribution in [2.75, 3.05) is 46.3 Å². The summed E-state index contributed by atoms with van der Waals surface area (Å²) in [6.07, 6.45) is 1.27. The van der Waals surface area contributed by atoms with Gasteiger partial charge < -0.3 is 15.5 Å². The highest BCUT2D eigenvalue weighted by molar-refractivity contribution is 4.60. The molecule has 0 radical (unpaired) electrons. The molecule has 1 rings (SSSR count). The molecular formula is C8H19N3. The minimum atomic E-state index is 1.10. The molecule has 66 valence electrons. The summed E-state index contributed by atoms with van der Waals surface area (Å²) in [4.78, 5) is 2.38. The zero-order chi connectivity index (χ0) is 7.94. The highest BCUT2D eigenvalue weighted by atomic mass is 15.1. The van der Waals surface area contributed by atoms with Crippen molar-refractivity contribution in [2.24, 2.45) is 0 Å². The summed E-state index contributed by atoms with van der Waals surface area (Å²) >= 11 is 0. The summed E-state index contributed by atoms with van der Waals surface area (Å²) in [6.45, 7) is 6.90. The molecule has 1 heterocycles. The third-order valence-corrected chi connectivity index (χ3v) is 2.04. The molecule has 0 amide bonds. The Morgan fingerprint density at radius 1 is 0.909 bits per heavy atom. The SMILES string of the molecule is CN1CCCNCCNCC1. The first-order valence-corrected chi connectivity index (χ1v) is 4.49. The fourth-order valence-electron chi connectivity index (χ4n) is 1.28. The Balaban J connectivity index is 2.12. The van der Waals surface area contributed by atoms with Gasteiger partial charge in [0, 0.05) is 26.2 Å². The Labute approximate surface area is 69.1 Å². The van der Waals surface area contributed by atoms with E-state index in [1.165, 1.54) is 19.5 Å². The summed E-state index contributed by atoms with van der Waals surface area (Å²) < 4.78 is 0. The van der Waals surface area contributed by atoms with E-state index in [-0.39, 0.29) is 0 Å². The normalized spacial score (nSPS) is 24.8. The van der Waals surface area contributed by atoms with E-state index in [1.54, 1.807) is 0 Å². The van der Waals surface area contributed by atoms with Crippen molar-refractivity contribution < 1.29 is 0 Å². The minimum absolute atomic E-state index is 1.10. The van der Waals surface area contributed by atoms with Gasteiger partial charge in [0.15, 0.2) is 0 Å².